The van der Waals surface area contributed by atoms with Crippen molar-refractivity contribution in [3.8, 4) is 0 Å². The molecule has 3 aliphatic rings. The third-order valence-corrected chi connectivity index (χ3v) is 5.68. The van der Waals surface area contributed by atoms with Crippen molar-refractivity contribution < 1.29 is 0 Å². The molecule has 116 valence electrons. The predicted octanol–water partition coefficient (Wildman–Crippen LogP) is 0.698. The molecule has 4 nitrogen and oxygen atoms in total. The molecule has 0 aromatic carbocycles. The quantitative estimate of drug-likeness (QED) is 0.818. The molecule has 3 rings (SSSR count). The molecule has 3 aliphatic heterocycles. The Morgan fingerprint density at radius 3 is 2.55 bits per heavy atom. The molecule has 0 amide bonds. The molecule has 0 radical (unpaired) electrons. The van der Waals surface area contributed by atoms with E-state index in [1.807, 2.05) is 0 Å². The number of nitrogens with one attached hydrogen (secondary N) is 1. The lowest BCUT2D eigenvalue weighted by molar-refractivity contribution is 0.0978. The van der Waals surface area contributed by atoms with Gasteiger partial charge in [0, 0.05) is 51.9 Å². The zero-order valence-corrected chi connectivity index (χ0v) is 13.4. The minimum atomic E-state index is 0.524. The minimum absolute atomic E-state index is 0.524. The second kappa shape index (κ2) is 6.30. The Morgan fingerprint density at radius 2 is 1.90 bits per heavy atom. The van der Waals surface area contributed by atoms with E-state index in [4.69, 9.17) is 0 Å². The Kier molecular flexibility index (Phi) is 4.65. The van der Waals surface area contributed by atoms with Gasteiger partial charge in [0.25, 0.3) is 0 Å². The van der Waals surface area contributed by atoms with Crippen LogP contribution in [-0.4, -0.2) is 86.2 Å². The molecule has 4 heteroatoms. The van der Waals surface area contributed by atoms with Crippen LogP contribution in [0.25, 0.3) is 0 Å². The minimum Gasteiger partial charge on any atom is -0.316 e. The van der Waals surface area contributed by atoms with Crippen molar-refractivity contribution in [1.29, 1.82) is 0 Å². The first-order valence-corrected chi connectivity index (χ1v) is 8.58. The summed E-state index contributed by atoms with van der Waals surface area (Å²) in [6.07, 6.45) is 2.74. The van der Waals surface area contributed by atoms with E-state index in [-0.39, 0.29) is 0 Å². The van der Waals surface area contributed by atoms with Crippen molar-refractivity contribution in [2.75, 3.05) is 65.4 Å². The number of hydrogen-bond donors (Lipinski definition) is 1. The molecule has 0 aromatic rings. The van der Waals surface area contributed by atoms with Gasteiger partial charge in [-0.1, -0.05) is 13.8 Å². The highest BCUT2D eigenvalue weighted by atomic mass is 15.3. The number of likely N-dealkylation sites (tertiary alicyclic amines) is 1. The van der Waals surface area contributed by atoms with E-state index >= 15 is 0 Å². The lowest BCUT2D eigenvalue weighted by Gasteiger charge is -2.38. The molecule has 0 saturated carbocycles. The summed E-state index contributed by atoms with van der Waals surface area (Å²) in [6, 6.07) is 0.826. The van der Waals surface area contributed by atoms with Crippen LogP contribution in [0.2, 0.25) is 0 Å². The molecule has 3 fully saturated rings. The van der Waals surface area contributed by atoms with Crippen LogP contribution in [0, 0.1) is 5.41 Å². The summed E-state index contributed by atoms with van der Waals surface area (Å²) in [6.45, 7) is 17.4. The Labute approximate surface area is 124 Å². The van der Waals surface area contributed by atoms with Gasteiger partial charge in [0.2, 0.25) is 0 Å². The molecular weight excluding hydrogens is 248 g/mol. The summed E-state index contributed by atoms with van der Waals surface area (Å²) in [5.74, 6) is 0. The van der Waals surface area contributed by atoms with Gasteiger partial charge in [-0.2, -0.15) is 0 Å². The van der Waals surface area contributed by atoms with E-state index < -0.39 is 0 Å². The SMILES string of the molecule is CCN1CCN(C2CCN(CC3(C)CCNC3)C2)CC1. The fraction of sp³-hybridized carbons (Fsp3) is 1.00. The van der Waals surface area contributed by atoms with Gasteiger partial charge in [0.15, 0.2) is 0 Å². The summed E-state index contributed by atoms with van der Waals surface area (Å²) >= 11 is 0. The third kappa shape index (κ3) is 3.35. The molecule has 1 N–H and O–H groups in total. The number of likely N-dealkylation sites (N-methyl/N-ethyl adjacent to an activating group) is 1. The summed E-state index contributed by atoms with van der Waals surface area (Å²) in [4.78, 5) is 8.06. The van der Waals surface area contributed by atoms with Crippen molar-refractivity contribution in [1.82, 2.24) is 20.0 Å². The van der Waals surface area contributed by atoms with Crippen LogP contribution in [0.15, 0.2) is 0 Å². The van der Waals surface area contributed by atoms with Gasteiger partial charge in [-0.05, 0) is 37.9 Å². The summed E-state index contributed by atoms with van der Waals surface area (Å²) < 4.78 is 0. The van der Waals surface area contributed by atoms with Gasteiger partial charge in [0.1, 0.15) is 0 Å². The normalized spacial score (nSPS) is 37.8. The third-order valence-electron chi connectivity index (χ3n) is 5.68. The van der Waals surface area contributed by atoms with Crippen LogP contribution in [0.3, 0.4) is 0 Å². The maximum atomic E-state index is 3.53. The first-order valence-electron chi connectivity index (χ1n) is 8.58. The van der Waals surface area contributed by atoms with E-state index in [1.165, 1.54) is 78.3 Å². The molecule has 2 atom stereocenters. The highest BCUT2D eigenvalue weighted by Crippen LogP contribution is 2.28. The van der Waals surface area contributed by atoms with E-state index in [0.29, 0.717) is 5.41 Å². The molecule has 2 unspecified atom stereocenters. The van der Waals surface area contributed by atoms with Crippen LogP contribution >= 0.6 is 0 Å². The van der Waals surface area contributed by atoms with Crippen molar-refractivity contribution >= 4 is 0 Å². The second-order valence-corrected chi connectivity index (χ2v) is 7.39. The maximum Gasteiger partial charge on any atom is 0.0236 e. The van der Waals surface area contributed by atoms with Crippen LogP contribution in [0.4, 0.5) is 0 Å². The number of piperazine rings is 1. The molecule has 3 heterocycles. The van der Waals surface area contributed by atoms with E-state index in [0.717, 1.165) is 6.04 Å². The predicted molar refractivity (Wildman–Crippen MR) is 84.1 cm³/mol. The Bertz CT molecular complexity index is 306. The van der Waals surface area contributed by atoms with Gasteiger partial charge in [0.05, 0.1) is 0 Å². The average molecular weight is 280 g/mol. The average Bonchev–Trinajstić information content (AvgIpc) is 3.09. The molecule has 0 aliphatic carbocycles. The zero-order valence-electron chi connectivity index (χ0n) is 13.4. The maximum absolute atomic E-state index is 3.53. The van der Waals surface area contributed by atoms with Crippen LogP contribution in [0.1, 0.15) is 26.7 Å². The van der Waals surface area contributed by atoms with E-state index in [9.17, 15) is 0 Å². The van der Waals surface area contributed by atoms with Crippen molar-refractivity contribution in [2.24, 2.45) is 5.41 Å². The molecule has 0 spiro atoms. The number of hydrogen-bond acceptors (Lipinski definition) is 4. The van der Waals surface area contributed by atoms with Crippen LogP contribution in [0.5, 0.6) is 0 Å². The fourth-order valence-electron chi connectivity index (χ4n) is 4.24. The van der Waals surface area contributed by atoms with Crippen LogP contribution in [-0.2, 0) is 0 Å². The number of rotatable bonds is 4. The van der Waals surface area contributed by atoms with E-state index in [2.05, 4.69) is 33.9 Å². The highest BCUT2D eigenvalue weighted by molar-refractivity contribution is 4.92. The van der Waals surface area contributed by atoms with Gasteiger partial charge in [-0.15, -0.1) is 0 Å². The van der Waals surface area contributed by atoms with Gasteiger partial charge in [-0.3, -0.25) is 4.90 Å². The summed E-state index contributed by atoms with van der Waals surface area (Å²) in [5.41, 5.74) is 0.524. The molecule has 20 heavy (non-hydrogen) atoms. The monoisotopic (exact) mass is 280 g/mol. The molecule has 0 bridgehead atoms. The molecule has 3 saturated heterocycles. The van der Waals surface area contributed by atoms with E-state index in [1.54, 1.807) is 0 Å². The molecule has 0 aromatic heterocycles. The Hall–Kier alpha value is -0.160. The fourth-order valence-corrected chi connectivity index (χ4v) is 4.24. The Morgan fingerprint density at radius 1 is 1.10 bits per heavy atom. The Balaban J connectivity index is 1.45. The number of nitrogens with zero attached hydrogens (tertiary/aromatic N) is 3. The lowest BCUT2D eigenvalue weighted by atomic mass is 9.89. The van der Waals surface area contributed by atoms with Crippen molar-refractivity contribution in [2.45, 2.75) is 32.7 Å². The lowest BCUT2D eigenvalue weighted by Crippen LogP contribution is -2.51. The standard InChI is InChI=1S/C16H32N4/c1-3-18-8-10-20(11-9-18)15-4-7-19(12-15)14-16(2)5-6-17-13-16/h15,17H,3-14H2,1-2H3. The summed E-state index contributed by atoms with van der Waals surface area (Å²) in [7, 11) is 0. The molecular formula is C16H32N4. The van der Waals surface area contributed by atoms with Crippen molar-refractivity contribution in [3.05, 3.63) is 0 Å². The first-order chi connectivity index (χ1) is 9.68. The van der Waals surface area contributed by atoms with Gasteiger partial charge >= 0.3 is 0 Å². The van der Waals surface area contributed by atoms with Crippen LogP contribution < -0.4 is 5.32 Å². The first kappa shape index (κ1) is 14.8. The summed E-state index contributed by atoms with van der Waals surface area (Å²) in [5, 5.41) is 3.53. The second-order valence-electron chi connectivity index (χ2n) is 7.39. The van der Waals surface area contributed by atoms with Gasteiger partial charge < -0.3 is 15.1 Å². The topological polar surface area (TPSA) is 21.8 Å². The highest BCUT2D eigenvalue weighted by Gasteiger charge is 2.35. The van der Waals surface area contributed by atoms with Gasteiger partial charge in [-0.25, -0.2) is 0 Å². The van der Waals surface area contributed by atoms with Crippen molar-refractivity contribution in [3.63, 3.8) is 0 Å². The largest absolute Gasteiger partial charge is 0.316 e. The zero-order chi connectivity index (χ0) is 14.0. The smallest absolute Gasteiger partial charge is 0.0236 e.